The van der Waals surface area contributed by atoms with Gasteiger partial charge in [0.25, 0.3) is 11.7 Å². The smallest absolute Gasteiger partial charge is 0.297 e. The first-order valence-corrected chi connectivity index (χ1v) is 14.5. The molecule has 0 spiro atoms. The molecule has 1 aliphatic heterocycles. The summed E-state index contributed by atoms with van der Waals surface area (Å²) in [6.07, 6.45) is 0.392. The highest BCUT2D eigenvalue weighted by Gasteiger charge is 2.26. The van der Waals surface area contributed by atoms with Crippen LogP contribution >= 0.6 is 0 Å². The third-order valence-electron chi connectivity index (χ3n) is 7.49. The number of ketones is 1. The van der Waals surface area contributed by atoms with Gasteiger partial charge in [0.05, 0.1) is 23.6 Å². The number of morpholine rings is 1. The normalized spacial score (nSPS) is 17.8. The van der Waals surface area contributed by atoms with E-state index in [1.165, 1.54) is 0 Å². The molecule has 0 unspecified atom stereocenters. The van der Waals surface area contributed by atoms with Gasteiger partial charge in [-0.05, 0) is 50.4 Å². The van der Waals surface area contributed by atoms with Gasteiger partial charge in [0.15, 0.2) is 0 Å². The van der Waals surface area contributed by atoms with Crippen molar-refractivity contribution >= 4 is 28.3 Å². The van der Waals surface area contributed by atoms with Crippen molar-refractivity contribution in [1.82, 2.24) is 14.7 Å². The van der Waals surface area contributed by atoms with Crippen LogP contribution in [0.1, 0.15) is 56.2 Å². The molecular formula is C34H40N4O4. The minimum Gasteiger partial charge on any atom is -0.492 e. The number of hydrogen-bond acceptors (Lipinski definition) is 6. The van der Waals surface area contributed by atoms with E-state index in [1.807, 2.05) is 61.5 Å². The van der Waals surface area contributed by atoms with Gasteiger partial charge < -0.3 is 14.8 Å². The molecule has 8 heteroatoms. The van der Waals surface area contributed by atoms with Crippen LogP contribution in [0.5, 0.6) is 5.75 Å². The summed E-state index contributed by atoms with van der Waals surface area (Å²) in [5, 5.41) is 9.06. The lowest BCUT2D eigenvalue weighted by molar-refractivity contribution is -0.112. The maximum absolute atomic E-state index is 13.6. The van der Waals surface area contributed by atoms with Crippen LogP contribution in [-0.2, 0) is 14.9 Å². The molecule has 4 aromatic rings. The quantitative estimate of drug-likeness (QED) is 0.209. The highest BCUT2D eigenvalue weighted by molar-refractivity contribution is 6.48. The highest BCUT2D eigenvalue weighted by Crippen LogP contribution is 2.30. The first-order chi connectivity index (χ1) is 20.0. The lowest BCUT2D eigenvalue weighted by Crippen LogP contribution is -2.46. The summed E-state index contributed by atoms with van der Waals surface area (Å²) in [7, 11) is 0. The van der Waals surface area contributed by atoms with E-state index in [4.69, 9.17) is 14.6 Å². The standard InChI is InChI=1S/C34H40N4O4/c1-22-11-13-25(14-12-22)38-31(19-30(36-38)34(4,5)6)35-33(40)32(39)28-15-16-29(27-10-8-7-9-26(27)28)41-18-17-37-20-23(2)42-24(3)21-37/h7-16,19,23-24H,17-18,20-21H2,1-6H3,(H,35,40)/t23-,24+. The summed E-state index contributed by atoms with van der Waals surface area (Å²) in [5.74, 6) is -0.219. The molecule has 1 aliphatic rings. The molecule has 1 saturated heterocycles. The number of nitrogens with zero attached hydrogens (tertiary/aromatic N) is 3. The highest BCUT2D eigenvalue weighted by atomic mass is 16.5. The van der Waals surface area contributed by atoms with Gasteiger partial charge in [-0.3, -0.25) is 14.5 Å². The average Bonchev–Trinajstić information content (AvgIpc) is 3.37. The van der Waals surface area contributed by atoms with Gasteiger partial charge in [-0.15, -0.1) is 0 Å². The van der Waals surface area contributed by atoms with Crippen LogP contribution in [0.3, 0.4) is 0 Å². The second-order valence-electron chi connectivity index (χ2n) is 12.2. The average molecular weight is 569 g/mol. The Kier molecular flexibility index (Phi) is 8.48. The van der Waals surface area contributed by atoms with Crippen LogP contribution in [0.25, 0.3) is 16.5 Å². The Bertz CT molecular complexity index is 1580. The first-order valence-electron chi connectivity index (χ1n) is 14.5. The van der Waals surface area contributed by atoms with E-state index in [9.17, 15) is 9.59 Å². The van der Waals surface area contributed by atoms with Crippen molar-refractivity contribution < 1.29 is 19.1 Å². The molecule has 8 nitrogen and oxygen atoms in total. The van der Waals surface area contributed by atoms with Gasteiger partial charge in [0.2, 0.25) is 0 Å². The number of aryl methyl sites for hydroxylation is 1. The third-order valence-corrected chi connectivity index (χ3v) is 7.49. The van der Waals surface area contributed by atoms with Crippen LogP contribution in [0.15, 0.2) is 66.7 Å². The second-order valence-corrected chi connectivity index (χ2v) is 12.2. The molecular weight excluding hydrogens is 528 g/mol. The number of rotatable bonds is 8. The Labute approximate surface area is 247 Å². The molecule has 3 aromatic carbocycles. The summed E-state index contributed by atoms with van der Waals surface area (Å²) in [6, 6.07) is 20.7. The third kappa shape index (κ3) is 6.55. The van der Waals surface area contributed by atoms with Gasteiger partial charge in [0, 0.05) is 42.1 Å². The van der Waals surface area contributed by atoms with E-state index in [0.29, 0.717) is 29.1 Å². The van der Waals surface area contributed by atoms with E-state index in [1.54, 1.807) is 16.8 Å². The number of anilines is 1. The number of Topliss-reactive ketones (excluding diaryl/α,β-unsaturated/α-hetero) is 1. The van der Waals surface area contributed by atoms with E-state index in [-0.39, 0.29) is 17.6 Å². The molecule has 0 radical (unpaired) electrons. The van der Waals surface area contributed by atoms with E-state index in [2.05, 4.69) is 44.8 Å². The van der Waals surface area contributed by atoms with Crippen LogP contribution in [0.2, 0.25) is 0 Å². The summed E-state index contributed by atoms with van der Waals surface area (Å²) < 4.78 is 13.7. The van der Waals surface area contributed by atoms with E-state index >= 15 is 0 Å². The van der Waals surface area contributed by atoms with Crippen LogP contribution in [-0.4, -0.2) is 64.8 Å². The Balaban J connectivity index is 1.36. The van der Waals surface area contributed by atoms with Crippen molar-refractivity contribution in [1.29, 1.82) is 0 Å². The second kappa shape index (κ2) is 12.1. The Morgan fingerprint density at radius 1 is 0.976 bits per heavy atom. The number of carbonyl (C=O) groups excluding carboxylic acids is 2. The fraction of sp³-hybridized carbons (Fsp3) is 0.382. The largest absolute Gasteiger partial charge is 0.492 e. The zero-order valence-corrected chi connectivity index (χ0v) is 25.3. The van der Waals surface area contributed by atoms with Crippen molar-refractivity contribution in [2.45, 2.75) is 59.2 Å². The zero-order valence-electron chi connectivity index (χ0n) is 25.3. The SMILES string of the molecule is Cc1ccc(-n2nc(C(C)(C)C)cc2NC(=O)C(=O)c2ccc(OCCN3C[C@@H](C)O[C@@H](C)C3)c3ccccc23)cc1. The fourth-order valence-corrected chi connectivity index (χ4v) is 5.36. The molecule has 0 aliphatic carbocycles. The maximum atomic E-state index is 13.6. The predicted molar refractivity (Wildman–Crippen MR) is 166 cm³/mol. The van der Waals surface area contributed by atoms with Gasteiger partial charge in [-0.25, -0.2) is 4.68 Å². The molecule has 0 saturated carbocycles. The Hall–Kier alpha value is -4.01. The van der Waals surface area contributed by atoms with E-state index < -0.39 is 11.7 Å². The number of amides is 1. The Morgan fingerprint density at radius 3 is 2.31 bits per heavy atom. The van der Waals surface area contributed by atoms with Crippen LogP contribution < -0.4 is 10.1 Å². The van der Waals surface area contributed by atoms with Crippen molar-refractivity contribution in [3.8, 4) is 11.4 Å². The molecule has 0 bridgehead atoms. The molecule has 220 valence electrons. The van der Waals surface area contributed by atoms with Crippen LogP contribution in [0, 0.1) is 6.92 Å². The van der Waals surface area contributed by atoms with Gasteiger partial charge >= 0.3 is 0 Å². The lowest BCUT2D eigenvalue weighted by Gasteiger charge is -2.35. The van der Waals surface area contributed by atoms with Gasteiger partial charge in [0.1, 0.15) is 18.2 Å². The maximum Gasteiger partial charge on any atom is 0.297 e. The first kappa shape index (κ1) is 29.5. The van der Waals surface area contributed by atoms with Crippen LogP contribution in [0.4, 0.5) is 5.82 Å². The molecule has 1 fully saturated rings. The summed E-state index contributed by atoms with van der Waals surface area (Å²) in [5.41, 5.74) is 2.80. The number of fused-ring (bicyclic) bond motifs is 1. The minimum atomic E-state index is -0.724. The molecule has 5 rings (SSSR count). The lowest BCUT2D eigenvalue weighted by atomic mass is 9.92. The monoisotopic (exact) mass is 568 g/mol. The molecule has 42 heavy (non-hydrogen) atoms. The number of aromatic nitrogens is 2. The van der Waals surface area contributed by atoms with Gasteiger partial charge in [-0.1, -0.05) is 62.7 Å². The molecule has 2 heterocycles. The number of ether oxygens (including phenoxy) is 2. The van der Waals surface area contributed by atoms with Crippen molar-refractivity contribution in [2.75, 3.05) is 31.6 Å². The number of benzene rings is 3. The summed E-state index contributed by atoms with van der Waals surface area (Å²) in [4.78, 5) is 29.3. The molecule has 1 amide bonds. The van der Waals surface area contributed by atoms with E-state index in [0.717, 1.165) is 42.0 Å². The van der Waals surface area contributed by atoms with Crippen molar-refractivity contribution in [3.05, 3.63) is 83.6 Å². The topological polar surface area (TPSA) is 85.7 Å². The fourth-order valence-electron chi connectivity index (χ4n) is 5.36. The predicted octanol–water partition coefficient (Wildman–Crippen LogP) is 5.94. The molecule has 1 aromatic heterocycles. The number of nitrogens with one attached hydrogen (secondary N) is 1. The van der Waals surface area contributed by atoms with Crippen molar-refractivity contribution in [2.24, 2.45) is 0 Å². The molecule has 2 atom stereocenters. The summed E-state index contributed by atoms with van der Waals surface area (Å²) >= 11 is 0. The molecule has 1 N–H and O–H groups in total. The Morgan fingerprint density at radius 2 is 1.64 bits per heavy atom. The number of hydrogen-bond donors (Lipinski definition) is 1. The van der Waals surface area contributed by atoms with Crippen molar-refractivity contribution in [3.63, 3.8) is 0 Å². The zero-order chi connectivity index (χ0) is 30.0. The number of carbonyl (C=O) groups is 2. The summed E-state index contributed by atoms with van der Waals surface area (Å²) in [6.45, 7) is 15.4. The minimum absolute atomic E-state index is 0.196. The van der Waals surface area contributed by atoms with Gasteiger partial charge in [-0.2, -0.15) is 5.10 Å².